The molecule has 0 saturated carbocycles. The fourth-order valence-electron chi connectivity index (χ4n) is 1.28. The van der Waals surface area contributed by atoms with Crippen molar-refractivity contribution < 1.29 is 19.4 Å². The lowest BCUT2D eigenvalue weighted by Crippen LogP contribution is -2.04. The monoisotopic (exact) mass is 236 g/mol. The van der Waals surface area contributed by atoms with E-state index in [1.165, 1.54) is 7.11 Å². The smallest absolute Gasteiger partial charge is 0.333 e. The summed E-state index contributed by atoms with van der Waals surface area (Å²) in [5.41, 5.74) is 1.21. The molecule has 0 radical (unpaired) electrons. The molecule has 0 aromatic heterocycles. The molecule has 1 N–H and O–H groups in total. The van der Waals surface area contributed by atoms with Crippen molar-refractivity contribution in [2.24, 2.45) is 0 Å². The van der Waals surface area contributed by atoms with E-state index in [0.29, 0.717) is 11.3 Å². The van der Waals surface area contributed by atoms with Crippen LogP contribution in [-0.4, -0.2) is 24.8 Å². The maximum absolute atomic E-state index is 11.1. The number of aliphatic hydroxyl groups is 1. The van der Waals surface area contributed by atoms with E-state index in [0.717, 1.165) is 5.56 Å². The Kier molecular flexibility index (Phi) is 5.23. The molecule has 0 aliphatic heterocycles. The zero-order valence-electron chi connectivity index (χ0n) is 9.97. The first-order valence-corrected chi connectivity index (χ1v) is 5.25. The van der Waals surface area contributed by atoms with Gasteiger partial charge in [-0.1, -0.05) is 18.2 Å². The highest BCUT2D eigenvalue weighted by molar-refractivity contribution is 5.87. The lowest BCUT2D eigenvalue weighted by Gasteiger charge is -2.08. The Hall–Kier alpha value is -1.81. The van der Waals surface area contributed by atoms with Crippen molar-refractivity contribution >= 4 is 5.97 Å². The summed E-state index contributed by atoms with van der Waals surface area (Å²) in [5.74, 6) is 0.243. The van der Waals surface area contributed by atoms with Crippen molar-refractivity contribution in [3.05, 3.63) is 41.5 Å². The highest BCUT2D eigenvalue weighted by Gasteiger charge is 2.03. The van der Waals surface area contributed by atoms with Gasteiger partial charge in [-0.2, -0.15) is 0 Å². The number of carbonyl (C=O) groups is 1. The number of aliphatic hydroxyl groups excluding tert-OH is 1. The summed E-state index contributed by atoms with van der Waals surface area (Å²) in [6, 6.07) is 7.21. The van der Waals surface area contributed by atoms with Crippen LogP contribution in [0.4, 0.5) is 0 Å². The van der Waals surface area contributed by atoms with Gasteiger partial charge < -0.3 is 14.6 Å². The topological polar surface area (TPSA) is 55.8 Å². The SMILES string of the molecule is COC(=O)C(C)=CCOc1ccccc1CO. The van der Waals surface area contributed by atoms with E-state index in [4.69, 9.17) is 9.84 Å². The fourth-order valence-corrected chi connectivity index (χ4v) is 1.28. The number of benzene rings is 1. The predicted molar refractivity (Wildman–Crippen MR) is 63.6 cm³/mol. The molecule has 0 saturated heterocycles. The summed E-state index contributed by atoms with van der Waals surface area (Å²) in [6.07, 6.45) is 1.64. The molecule has 0 unspecified atom stereocenters. The van der Waals surface area contributed by atoms with E-state index in [2.05, 4.69) is 4.74 Å². The Morgan fingerprint density at radius 3 is 2.76 bits per heavy atom. The number of esters is 1. The lowest BCUT2D eigenvalue weighted by atomic mass is 10.2. The van der Waals surface area contributed by atoms with Crippen LogP contribution in [0.15, 0.2) is 35.9 Å². The van der Waals surface area contributed by atoms with Crippen LogP contribution in [0.3, 0.4) is 0 Å². The molecule has 1 aromatic rings. The molecule has 92 valence electrons. The Morgan fingerprint density at radius 2 is 2.12 bits per heavy atom. The van der Waals surface area contributed by atoms with Crippen LogP contribution >= 0.6 is 0 Å². The second-order valence-electron chi connectivity index (χ2n) is 3.46. The molecular formula is C13H16O4. The van der Waals surface area contributed by atoms with E-state index in [1.807, 2.05) is 12.1 Å². The van der Waals surface area contributed by atoms with Crippen LogP contribution in [0.1, 0.15) is 12.5 Å². The van der Waals surface area contributed by atoms with Gasteiger partial charge in [0.1, 0.15) is 12.4 Å². The number of hydrogen-bond acceptors (Lipinski definition) is 4. The van der Waals surface area contributed by atoms with Crippen molar-refractivity contribution in [3.8, 4) is 5.75 Å². The Labute approximate surface area is 100 Å². The van der Waals surface area contributed by atoms with Crippen LogP contribution < -0.4 is 4.74 Å². The molecule has 1 rings (SSSR count). The minimum absolute atomic E-state index is 0.0735. The molecule has 0 atom stereocenters. The summed E-state index contributed by atoms with van der Waals surface area (Å²) in [5, 5.41) is 9.08. The number of carbonyl (C=O) groups excluding carboxylic acids is 1. The first kappa shape index (κ1) is 13.3. The van der Waals surface area contributed by atoms with E-state index in [1.54, 1.807) is 25.1 Å². The molecular weight excluding hydrogens is 220 g/mol. The molecule has 0 fully saturated rings. The molecule has 0 aliphatic rings. The normalized spacial score (nSPS) is 11.1. The Morgan fingerprint density at radius 1 is 1.41 bits per heavy atom. The van der Waals surface area contributed by atoms with Crippen LogP contribution in [0.2, 0.25) is 0 Å². The zero-order valence-corrected chi connectivity index (χ0v) is 9.97. The largest absolute Gasteiger partial charge is 0.489 e. The van der Waals surface area contributed by atoms with Crippen LogP contribution in [0.25, 0.3) is 0 Å². The Balaban J connectivity index is 2.59. The van der Waals surface area contributed by atoms with Crippen molar-refractivity contribution in [1.29, 1.82) is 0 Å². The van der Waals surface area contributed by atoms with Gasteiger partial charge in [0.05, 0.1) is 13.7 Å². The Bertz CT molecular complexity index is 410. The molecule has 0 amide bonds. The van der Waals surface area contributed by atoms with Gasteiger partial charge in [-0.15, -0.1) is 0 Å². The highest BCUT2D eigenvalue weighted by atomic mass is 16.5. The lowest BCUT2D eigenvalue weighted by molar-refractivity contribution is -0.136. The van der Waals surface area contributed by atoms with Crippen LogP contribution in [0.5, 0.6) is 5.75 Å². The third-order valence-corrected chi connectivity index (χ3v) is 2.28. The maximum atomic E-state index is 11.1. The van der Waals surface area contributed by atoms with Crippen LogP contribution in [-0.2, 0) is 16.1 Å². The number of rotatable bonds is 5. The van der Waals surface area contributed by atoms with Crippen LogP contribution in [0, 0.1) is 0 Å². The highest BCUT2D eigenvalue weighted by Crippen LogP contribution is 2.17. The number of para-hydroxylation sites is 1. The van der Waals surface area contributed by atoms with Crippen molar-refractivity contribution in [1.82, 2.24) is 0 Å². The molecule has 0 spiro atoms. The minimum Gasteiger partial charge on any atom is -0.489 e. The van der Waals surface area contributed by atoms with Crippen molar-refractivity contribution in [2.45, 2.75) is 13.5 Å². The van der Waals surface area contributed by atoms with Crippen molar-refractivity contribution in [2.75, 3.05) is 13.7 Å². The molecule has 0 aliphatic carbocycles. The maximum Gasteiger partial charge on any atom is 0.333 e. The van der Waals surface area contributed by atoms with Gasteiger partial charge in [0, 0.05) is 11.1 Å². The molecule has 0 bridgehead atoms. The summed E-state index contributed by atoms with van der Waals surface area (Å²) in [4.78, 5) is 11.1. The number of methoxy groups -OCH3 is 1. The minimum atomic E-state index is -0.371. The number of hydrogen-bond donors (Lipinski definition) is 1. The third-order valence-electron chi connectivity index (χ3n) is 2.28. The second-order valence-corrected chi connectivity index (χ2v) is 3.46. The zero-order chi connectivity index (χ0) is 12.7. The first-order chi connectivity index (χ1) is 8.19. The van der Waals surface area contributed by atoms with E-state index < -0.39 is 0 Å². The first-order valence-electron chi connectivity index (χ1n) is 5.25. The summed E-state index contributed by atoms with van der Waals surface area (Å²) in [6.45, 7) is 1.85. The van der Waals surface area contributed by atoms with Gasteiger partial charge in [-0.3, -0.25) is 0 Å². The van der Waals surface area contributed by atoms with E-state index >= 15 is 0 Å². The second kappa shape index (κ2) is 6.70. The van der Waals surface area contributed by atoms with Gasteiger partial charge in [0.15, 0.2) is 0 Å². The van der Waals surface area contributed by atoms with Gasteiger partial charge in [-0.25, -0.2) is 4.79 Å². The number of ether oxygens (including phenoxy) is 2. The molecule has 1 aromatic carbocycles. The average Bonchev–Trinajstić information content (AvgIpc) is 2.38. The summed E-state index contributed by atoms with van der Waals surface area (Å²) in [7, 11) is 1.33. The van der Waals surface area contributed by atoms with Gasteiger partial charge in [0.2, 0.25) is 0 Å². The average molecular weight is 236 g/mol. The molecule has 17 heavy (non-hydrogen) atoms. The summed E-state index contributed by atoms with van der Waals surface area (Å²) < 4.78 is 10.0. The standard InChI is InChI=1S/C13H16O4/c1-10(13(15)16-2)7-8-17-12-6-4-3-5-11(12)9-14/h3-7,14H,8-9H2,1-2H3. The molecule has 0 heterocycles. The summed E-state index contributed by atoms with van der Waals surface area (Å²) >= 11 is 0. The van der Waals surface area contributed by atoms with Gasteiger partial charge in [-0.05, 0) is 19.1 Å². The van der Waals surface area contributed by atoms with E-state index in [9.17, 15) is 4.79 Å². The van der Waals surface area contributed by atoms with E-state index in [-0.39, 0.29) is 19.2 Å². The fraction of sp³-hybridized carbons (Fsp3) is 0.308. The quantitative estimate of drug-likeness (QED) is 0.624. The predicted octanol–water partition coefficient (Wildman–Crippen LogP) is 1.68. The van der Waals surface area contributed by atoms with Gasteiger partial charge >= 0.3 is 5.97 Å². The van der Waals surface area contributed by atoms with Gasteiger partial charge in [0.25, 0.3) is 0 Å². The van der Waals surface area contributed by atoms with Crippen molar-refractivity contribution in [3.63, 3.8) is 0 Å². The molecule has 4 heteroatoms. The third kappa shape index (κ3) is 3.92. The molecule has 4 nitrogen and oxygen atoms in total.